The topological polar surface area (TPSA) is 126 Å². The molecule has 3 amide bonds. The molecule has 15 heavy (non-hydrogen) atoms. The second kappa shape index (κ2) is 4.94. The number of urea groups is 1. The number of carbonyl (C=O) groups is 2. The average Bonchev–Trinajstić information content (AvgIpc) is 2.65. The Kier molecular flexibility index (Phi) is 3.61. The monoisotopic (exact) mass is 212 g/mol. The lowest BCUT2D eigenvalue weighted by Gasteiger charge is -2.11. The summed E-state index contributed by atoms with van der Waals surface area (Å²) in [6, 6.07) is -1.41. The maximum absolute atomic E-state index is 11.3. The van der Waals surface area contributed by atoms with E-state index in [9.17, 15) is 9.59 Å². The molecule has 82 valence electrons. The zero-order valence-electron chi connectivity index (χ0n) is 8.15. The van der Waals surface area contributed by atoms with E-state index < -0.39 is 12.1 Å². The molecule has 8 heteroatoms. The lowest BCUT2D eigenvalue weighted by Crippen LogP contribution is -2.46. The van der Waals surface area contributed by atoms with E-state index in [1.54, 1.807) is 0 Å². The molecule has 1 atom stereocenters. The van der Waals surface area contributed by atoms with E-state index >= 15 is 0 Å². The van der Waals surface area contributed by atoms with Crippen molar-refractivity contribution in [2.45, 2.75) is 19.5 Å². The SMILES string of the molecule is CC(NC(N)=O)C(=O)NCc1ncn[nH]1. The van der Waals surface area contributed by atoms with Crippen molar-refractivity contribution < 1.29 is 9.59 Å². The quantitative estimate of drug-likeness (QED) is 0.483. The first-order valence-electron chi connectivity index (χ1n) is 4.27. The zero-order chi connectivity index (χ0) is 11.3. The number of hydrogen-bond acceptors (Lipinski definition) is 4. The Morgan fingerprint density at radius 3 is 2.93 bits per heavy atom. The molecule has 0 saturated carbocycles. The van der Waals surface area contributed by atoms with Crippen LogP contribution in [-0.2, 0) is 11.3 Å². The Bertz CT molecular complexity index is 335. The summed E-state index contributed by atoms with van der Waals surface area (Å²) in [7, 11) is 0. The van der Waals surface area contributed by atoms with Crippen LogP contribution in [0.25, 0.3) is 0 Å². The third-order valence-electron chi connectivity index (χ3n) is 1.65. The molecule has 5 N–H and O–H groups in total. The third kappa shape index (κ3) is 3.63. The second-order valence-corrected chi connectivity index (χ2v) is 2.88. The minimum atomic E-state index is -0.739. The Balaban J connectivity index is 2.32. The van der Waals surface area contributed by atoms with Gasteiger partial charge in [-0.2, -0.15) is 5.10 Å². The molecule has 0 aliphatic heterocycles. The Hall–Kier alpha value is -2.12. The first-order valence-corrected chi connectivity index (χ1v) is 4.27. The van der Waals surface area contributed by atoms with Crippen LogP contribution < -0.4 is 16.4 Å². The molecule has 8 nitrogen and oxygen atoms in total. The van der Waals surface area contributed by atoms with Gasteiger partial charge in [-0.25, -0.2) is 9.78 Å². The molecular formula is C7H12N6O2. The lowest BCUT2D eigenvalue weighted by molar-refractivity contribution is -0.122. The number of aromatic nitrogens is 3. The van der Waals surface area contributed by atoms with Crippen LogP contribution in [0, 0.1) is 0 Å². The molecule has 0 aliphatic carbocycles. The van der Waals surface area contributed by atoms with Gasteiger partial charge in [0.2, 0.25) is 5.91 Å². The smallest absolute Gasteiger partial charge is 0.312 e. The van der Waals surface area contributed by atoms with E-state index in [0.29, 0.717) is 5.82 Å². The molecule has 1 rings (SSSR count). The van der Waals surface area contributed by atoms with Crippen LogP contribution in [0.3, 0.4) is 0 Å². The highest BCUT2D eigenvalue weighted by atomic mass is 16.2. The average molecular weight is 212 g/mol. The summed E-state index contributed by atoms with van der Waals surface area (Å²) in [5.74, 6) is 0.194. The van der Waals surface area contributed by atoms with Crippen molar-refractivity contribution >= 4 is 11.9 Å². The molecule has 1 heterocycles. The summed E-state index contributed by atoms with van der Waals surface area (Å²) in [5.41, 5.74) is 4.86. The fourth-order valence-corrected chi connectivity index (χ4v) is 0.919. The van der Waals surface area contributed by atoms with Gasteiger partial charge in [0, 0.05) is 0 Å². The first kappa shape index (κ1) is 11.0. The van der Waals surface area contributed by atoms with Crippen LogP contribution in [0.2, 0.25) is 0 Å². The molecule has 0 aromatic carbocycles. The van der Waals surface area contributed by atoms with Gasteiger partial charge in [-0.15, -0.1) is 0 Å². The van der Waals surface area contributed by atoms with Crippen molar-refractivity contribution in [2.75, 3.05) is 0 Å². The second-order valence-electron chi connectivity index (χ2n) is 2.88. The molecule has 0 fully saturated rings. The van der Waals surface area contributed by atoms with Gasteiger partial charge in [0.15, 0.2) is 0 Å². The highest BCUT2D eigenvalue weighted by Gasteiger charge is 2.13. The highest BCUT2D eigenvalue weighted by molar-refractivity contribution is 5.85. The number of aromatic amines is 1. The summed E-state index contributed by atoms with van der Waals surface area (Å²) in [5, 5.41) is 11.0. The Labute approximate surface area is 85.6 Å². The number of nitrogens with two attached hydrogens (primary N) is 1. The maximum Gasteiger partial charge on any atom is 0.312 e. The van der Waals surface area contributed by atoms with Crippen LogP contribution in [0.1, 0.15) is 12.7 Å². The normalized spacial score (nSPS) is 11.8. The van der Waals surface area contributed by atoms with Crippen molar-refractivity contribution in [1.29, 1.82) is 0 Å². The molecule has 0 radical (unpaired) electrons. The zero-order valence-corrected chi connectivity index (χ0v) is 8.15. The summed E-state index contributed by atoms with van der Waals surface area (Å²) in [4.78, 5) is 25.6. The van der Waals surface area contributed by atoms with Gasteiger partial charge in [-0.1, -0.05) is 0 Å². The minimum absolute atomic E-state index is 0.226. The van der Waals surface area contributed by atoms with E-state index in [-0.39, 0.29) is 12.5 Å². The molecule has 1 aromatic rings. The van der Waals surface area contributed by atoms with Gasteiger partial charge in [-0.3, -0.25) is 9.89 Å². The number of H-pyrrole nitrogens is 1. The van der Waals surface area contributed by atoms with Gasteiger partial charge in [0.1, 0.15) is 18.2 Å². The van der Waals surface area contributed by atoms with Crippen molar-refractivity contribution in [3.63, 3.8) is 0 Å². The summed E-state index contributed by atoms with van der Waals surface area (Å²) >= 11 is 0. The largest absolute Gasteiger partial charge is 0.352 e. The van der Waals surface area contributed by atoms with Crippen molar-refractivity contribution in [1.82, 2.24) is 25.8 Å². The Morgan fingerprint density at radius 1 is 1.67 bits per heavy atom. The van der Waals surface area contributed by atoms with Gasteiger partial charge in [0.25, 0.3) is 0 Å². The van der Waals surface area contributed by atoms with Crippen LogP contribution in [0.5, 0.6) is 0 Å². The van der Waals surface area contributed by atoms with Crippen LogP contribution in [0.15, 0.2) is 6.33 Å². The first-order chi connectivity index (χ1) is 7.09. The molecule has 1 unspecified atom stereocenters. The summed E-state index contributed by atoms with van der Waals surface area (Å²) < 4.78 is 0. The standard InChI is InChI=1S/C7H12N6O2/c1-4(12-7(8)15)6(14)9-2-5-10-3-11-13-5/h3-4H,2H2,1H3,(H,9,14)(H3,8,12,15)(H,10,11,13). The van der Waals surface area contributed by atoms with E-state index in [4.69, 9.17) is 5.73 Å². The number of nitrogens with zero attached hydrogens (tertiary/aromatic N) is 2. The van der Waals surface area contributed by atoms with Crippen LogP contribution in [0.4, 0.5) is 4.79 Å². The van der Waals surface area contributed by atoms with E-state index in [1.807, 2.05) is 0 Å². The van der Waals surface area contributed by atoms with Crippen LogP contribution >= 0.6 is 0 Å². The number of hydrogen-bond donors (Lipinski definition) is 4. The van der Waals surface area contributed by atoms with Gasteiger partial charge >= 0.3 is 6.03 Å². The van der Waals surface area contributed by atoms with E-state index in [1.165, 1.54) is 13.3 Å². The molecule has 1 aromatic heterocycles. The minimum Gasteiger partial charge on any atom is -0.352 e. The number of carbonyl (C=O) groups excluding carboxylic acids is 2. The number of rotatable bonds is 4. The Morgan fingerprint density at radius 2 is 2.40 bits per heavy atom. The van der Waals surface area contributed by atoms with Gasteiger partial charge in [-0.05, 0) is 6.92 Å². The van der Waals surface area contributed by atoms with E-state index in [0.717, 1.165) is 0 Å². The number of amides is 3. The summed E-state index contributed by atoms with van der Waals surface area (Å²) in [6.07, 6.45) is 1.34. The van der Waals surface area contributed by atoms with E-state index in [2.05, 4.69) is 25.8 Å². The van der Waals surface area contributed by atoms with Crippen molar-refractivity contribution in [3.05, 3.63) is 12.2 Å². The van der Waals surface area contributed by atoms with Gasteiger partial charge < -0.3 is 16.4 Å². The van der Waals surface area contributed by atoms with Gasteiger partial charge in [0.05, 0.1) is 6.54 Å². The fraction of sp³-hybridized carbons (Fsp3) is 0.429. The molecule has 0 saturated heterocycles. The molecular weight excluding hydrogens is 200 g/mol. The molecule has 0 bridgehead atoms. The number of nitrogens with one attached hydrogen (secondary N) is 3. The molecule has 0 aliphatic rings. The third-order valence-corrected chi connectivity index (χ3v) is 1.65. The molecule has 0 spiro atoms. The highest BCUT2D eigenvalue weighted by Crippen LogP contribution is 1.86. The number of primary amides is 1. The summed E-state index contributed by atoms with van der Waals surface area (Å²) in [6.45, 7) is 1.75. The predicted molar refractivity (Wildman–Crippen MR) is 50.4 cm³/mol. The lowest BCUT2D eigenvalue weighted by atomic mass is 10.3. The fourth-order valence-electron chi connectivity index (χ4n) is 0.919. The van der Waals surface area contributed by atoms with Crippen LogP contribution in [-0.4, -0.2) is 33.2 Å². The van der Waals surface area contributed by atoms with Crippen molar-refractivity contribution in [3.8, 4) is 0 Å². The predicted octanol–water partition coefficient (Wildman–Crippen LogP) is -1.52. The maximum atomic E-state index is 11.3. The van der Waals surface area contributed by atoms with Crippen molar-refractivity contribution in [2.24, 2.45) is 5.73 Å².